The minimum absolute atomic E-state index is 0.0148. The molecule has 0 aliphatic heterocycles. The van der Waals surface area contributed by atoms with Crippen LogP contribution in [-0.4, -0.2) is 13.4 Å². The maximum Gasteiger partial charge on any atom is 0.261 e. The van der Waals surface area contributed by atoms with Crippen LogP contribution in [0.25, 0.3) is 21.8 Å². The van der Waals surface area contributed by atoms with E-state index < -0.39 is 15.8 Å². The van der Waals surface area contributed by atoms with Gasteiger partial charge in [-0.15, -0.1) is 11.3 Å². The predicted octanol–water partition coefficient (Wildman–Crippen LogP) is 6.07. The third-order valence-corrected chi connectivity index (χ3v) is 6.75. The number of hydrogen-bond donors (Lipinski definition) is 1. The lowest BCUT2D eigenvalue weighted by Crippen LogP contribution is -2.12. The van der Waals surface area contributed by atoms with Crippen molar-refractivity contribution in [2.45, 2.75) is 4.90 Å². The fraction of sp³-hybridized carbons (Fsp3) is 0. The molecule has 0 fully saturated rings. The highest BCUT2D eigenvalue weighted by molar-refractivity contribution is 7.92. The summed E-state index contributed by atoms with van der Waals surface area (Å²) in [4.78, 5) is 4.62. The van der Waals surface area contributed by atoms with Crippen LogP contribution in [0.3, 0.4) is 0 Å². The Morgan fingerprint density at radius 1 is 0.966 bits per heavy atom. The molecule has 4 rings (SSSR count). The Morgan fingerprint density at radius 3 is 2.48 bits per heavy atom. The number of hydrogen-bond acceptors (Lipinski definition) is 4. The molecule has 0 spiro atoms. The van der Waals surface area contributed by atoms with Gasteiger partial charge in [-0.1, -0.05) is 41.9 Å². The van der Waals surface area contributed by atoms with Crippen molar-refractivity contribution in [1.29, 1.82) is 0 Å². The van der Waals surface area contributed by atoms with Gasteiger partial charge in [-0.05, 0) is 42.5 Å². The molecule has 146 valence electrons. The van der Waals surface area contributed by atoms with Gasteiger partial charge in [0.1, 0.15) is 10.8 Å². The molecule has 1 N–H and O–H groups in total. The van der Waals surface area contributed by atoms with Crippen LogP contribution in [0.1, 0.15) is 0 Å². The Bertz CT molecular complexity index is 1270. The molecule has 1 heterocycles. The van der Waals surface area contributed by atoms with Crippen molar-refractivity contribution < 1.29 is 12.8 Å². The van der Waals surface area contributed by atoms with Crippen molar-refractivity contribution in [3.8, 4) is 21.8 Å². The van der Waals surface area contributed by atoms with E-state index in [1.807, 2.05) is 35.7 Å². The van der Waals surface area contributed by atoms with Gasteiger partial charge in [-0.25, -0.2) is 17.8 Å². The van der Waals surface area contributed by atoms with E-state index in [-0.39, 0.29) is 4.90 Å². The zero-order valence-corrected chi connectivity index (χ0v) is 17.2. The zero-order chi connectivity index (χ0) is 20.4. The molecule has 1 aromatic heterocycles. The first-order valence-electron chi connectivity index (χ1n) is 8.52. The van der Waals surface area contributed by atoms with Crippen molar-refractivity contribution in [1.82, 2.24) is 4.98 Å². The molecular formula is C21H14ClFN2O2S2. The molecule has 29 heavy (non-hydrogen) atoms. The number of nitrogens with zero attached hydrogens (tertiary/aromatic N) is 1. The topological polar surface area (TPSA) is 59.1 Å². The number of anilines is 1. The van der Waals surface area contributed by atoms with Crippen LogP contribution in [0.15, 0.2) is 83.1 Å². The minimum Gasteiger partial charge on any atom is -0.280 e. The fourth-order valence-corrected chi connectivity index (χ4v) is 4.93. The van der Waals surface area contributed by atoms with Gasteiger partial charge in [0.2, 0.25) is 0 Å². The summed E-state index contributed by atoms with van der Waals surface area (Å²) in [6.45, 7) is 0. The number of aromatic nitrogens is 1. The summed E-state index contributed by atoms with van der Waals surface area (Å²) in [5.74, 6) is -0.496. The quantitative estimate of drug-likeness (QED) is 0.406. The van der Waals surface area contributed by atoms with Crippen LogP contribution in [-0.2, 0) is 10.0 Å². The van der Waals surface area contributed by atoms with Gasteiger partial charge in [0.25, 0.3) is 10.0 Å². The molecule has 0 saturated heterocycles. The van der Waals surface area contributed by atoms with Crippen LogP contribution in [0.4, 0.5) is 10.1 Å². The van der Waals surface area contributed by atoms with Gasteiger partial charge in [0.15, 0.2) is 0 Å². The van der Waals surface area contributed by atoms with E-state index in [9.17, 15) is 12.8 Å². The van der Waals surface area contributed by atoms with E-state index in [1.54, 1.807) is 18.2 Å². The SMILES string of the molecule is O=S(=O)(Nc1cccc(-c2csc(-c3ccccc3Cl)n2)c1)c1ccc(F)cc1. The van der Waals surface area contributed by atoms with E-state index in [1.165, 1.54) is 23.5 Å². The minimum atomic E-state index is -3.82. The van der Waals surface area contributed by atoms with Crippen molar-refractivity contribution in [3.63, 3.8) is 0 Å². The van der Waals surface area contributed by atoms with Crippen LogP contribution >= 0.6 is 22.9 Å². The first-order chi connectivity index (χ1) is 13.9. The van der Waals surface area contributed by atoms with Gasteiger partial charge in [-0.3, -0.25) is 4.72 Å². The number of sulfonamides is 1. The van der Waals surface area contributed by atoms with Crippen molar-refractivity contribution in [3.05, 3.63) is 89.0 Å². The smallest absolute Gasteiger partial charge is 0.261 e. The van der Waals surface area contributed by atoms with Crippen molar-refractivity contribution in [2.24, 2.45) is 0 Å². The number of rotatable bonds is 5. The van der Waals surface area contributed by atoms with Gasteiger partial charge < -0.3 is 0 Å². The number of nitrogens with one attached hydrogen (secondary N) is 1. The molecule has 0 aliphatic carbocycles. The number of halogens is 2. The van der Waals surface area contributed by atoms with Gasteiger partial charge in [-0.2, -0.15) is 0 Å². The molecule has 0 saturated carbocycles. The Hall–Kier alpha value is -2.74. The van der Waals surface area contributed by atoms with Crippen LogP contribution in [0, 0.1) is 5.82 Å². The van der Waals surface area contributed by atoms with E-state index in [0.717, 1.165) is 28.3 Å². The highest BCUT2D eigenvalue weighted by Gasteiger charge is 2.15. The third kappa shape index (κ3) is 4.32. The summed E-state index contributed by atoms with van der Waals surface area (Å²) in [6, 6.07) is 19.1. The molecule has 8 heteroatoms. The van der Waals surface area contributed by atoms with E-state index in [4.69, 9.17) is 11.6 Å². The molecule has 0 bridgehead atoms. The molecule has 3 aromatic carbocycles. The Balaban J connectivity index is 1.61. The summed E-state index contributed by atoms with van der Waals surface area (Å²) >= 11 is 7.71. The van der Waals surface area contributed by atoms with E-state index in [2.05, 4.69) is 9.71 Å². The van der Waals surface area contributed by atoms with Gasteiger partial charge >= 0.3 is 0 Å². The standard InChI is InChI=1S/C21H14ClFN2O2S2/c22-19-7-2-1-6-18(19)21-24-20(13-28-21)14-4-3-5-16(12-14)25-29(26,27)17-10-8-15(23)9-11-17/h1-13,25H. The van der Waals surface area contributed by atoms with Gasteiger partial charge in [0.05, 0.1) is 15.6 Å². The van der Waals surface area contributed by atoms with E-state index >= 15 is 0 Å². The third-order valence-electron chi connectivity index (χ3n) is 4.14. The molecule has 4 aromatic rings. The van der Waals surface area contributed by atoms with Crippen LogP contribution in [0.5, 0.6) is 0 Å². The molecular weight excluding hydrogens is 431 g/mol. The second-order valence-electron chi connectivity index (χ2n) is 6.16. The Labute approximate surface area is 176 Å². The molecule has 4 nitrogen and oxygen atoms in total. The highest BCUT2D eigenvalue weighted by Crippen LogP contribution is 2.33. The van der Waals surface area contributed by atoms with Crippen LogP contribution in [0.2, 0.25) is 5.02 Å². The molecule has 0 radical (unpaired) electrons. The second-order valence-corrected chi connectivity index (χ2v) is 9.11. The first-order valence-corrected chi connectivity index (χ1v) is 11.3. The normalized spacial score (nSPS) is 11.4. The molecule has 0 unspecified atom stereocenters. The average molecular weight is 445 g/mol. The lowest BCUT2D eigenvalue weighted by molar-refractivity contribution is 0.599. The number of benzene rings is 3. The van der Waals surface area contributed by atoms with Crippen LogP contribution < -0.4 is 4.72 Å². The van der Waals surface area contributed by atoms with E-state index in [0.29, 0.717) is 16.4 Å². The second kappa shape index (κ2) is 7.94. The fourth-order valence-electron chi connectivity index (χ4n) is 2.73. The lowest BCUT2D eigenvalue weighted by Gasteiger charge is -2.09. The van der Waals surface area contributed by atoms with Crippen molar-refractivity contribution in [2.75, 3.05) is 4.72 Å². The highest BCUT2D eigenvalue weighted by atomic mass is 35.5. The summed E-state index contributed by atoms with van der Waals surface area (Å²) in [6.07, 6.45) is 0. The molecule has 0 atom stereocenters. The first kappa shape index (κ1) is 19.6. The zero-order valence-electron chi connectivity index (χ0n) is 14.8. The maximum atomic E-state index is 13.1. The van der Waals surface area contributed by atoms with Crippen molar-refractivity contribution >= 4 is 38.6 Å². The lowest BCUT2D eigenvalue weighted by atomic mass is 10.1. The summed E-state index contributed by atoms with van der Waals surface area (Å²) < 4.78 is 40.6. The number of thiazole rings is 1. The molecule has 0 aliphatic rings. The predicted molar refractivity (Wildman–Crippen MR) is 115 cm³/mol. The summed E-state index contributed by atoms with van der Waals surface area (Å²) in [5, 5.41) is 3.30. The Morgan fingerprint density at radius 2 is 1.72 bits per heavy atom. The maximum absolute atomic E-state index is 13.1. The Kier molecular flexibility index (Phi) is 5.36. The average Bonchev–Trinajstić information content (AvgIpc) is 3.18. The summed E-state index contributed by atoms with van der Waals surface area (Å²) in [7, 11) is -3.82. The van der Waals surface area contributed by atoms with Gasteiger partial charge in [0, 0.05) is 22.2 Å². The largest absolute Gasteiger partial charge is 0.280 e. The monoisotopic (exact) mass is 444 g/mol. The molecule has 0 amide bonds. The summed E-state index contributed by atoms with van der Waals surface area (Å²) in [5.41, 5.74) is 2.71.